The zero-order valence-corrected chi connectivity index (χ0v) is 14.7. The molecule has 0 bridgehead atoms. The van der Waals surface area contributed by atoms with Crippen molar-refractivity contribution < 1.29 is 17.2 Å². The molecule has 0 saturated heterocycles. The van der Waals surface area contributed by atoms with Crippen molar-refractivity contribution >= 4 is 32.0 Å². The summed E-state index contributed by atoms with van der Waals surface area (Å²) in [4.78, 5) is 4.60. The number of nitrogens with one attached hydrogen (secondary N) is 1. The number of halogens is 2. The van der Waals surface area contributed by atoms with E-state index in [2.05, 4.69) is 9.71 Å². The van der Waals surface area contributed by atoms with Gasteiger partial charge in [-0.15, -0.1) is 11.3 Å². The molecule has 2 aromatic carbocycles. The predicted octanol–water partition coefficient (Wildman–Crippen LogP) is 4.14. The van der Waals surface area contributed by atoms with Gasteiger partial charge in [-0.25, -0.2) is 22.2 Å². The Morgan fingerprint density at radius 2 is 1.92 bits per heavy atom. The Balaban J connectivity index is 1.76. The smallest absolute Gasteiger partial charge is 0.264 e. The molecule has 4 rings (SSSR count). The van der Waals surface area contributed by atoms with E-state index in [0.29, 0.717) is 17.3 Å². The second kappa shape index (κ2) is 6.19. The fraction of sp³-hybridized carbons (Fsp3) is 0. The van der Waals surface area contributed by atoms with Gasteiger partial charge in [-0.2, -0.15) is 0 Å². The summed E-state index contributed by atoms with van der Waals surface area (Å²) >= 11 is 1.45. The third-order valence-corrected chi connectivity index (χ3v) is 5.89. The number of anilines is 1. The average molecular weight is 391 g/mol. The number of nitrogens with zero attached hydrogens (tertiary/aromatic N) is 2. The van der Waals surface area contributed by atoms with E-state index in [-0.39, 0.29) is 5.69 Å². The van der Waals surface area contributed by atoms with Crippen molar-refractivity contribution in [2.75, 3.05) is 4.72 Å². The van der Waals surface area contributed by atoms with Gasteiger partial charge in [-0.05, 0) is 18.2 Å². The Kier molecular flexibility index (Phi) is 3.97. The first-order valence-corrected chi connectivity index (χ1v) is 9.80. The molecule has 9 heteroatoms. The van der Waals surface area contributed by atoms with Crippen LogP contribution >= 0.6 is 11.3 Å². The molecule has 2 heterocycles. The summed E-state index contributed by atoms with van der Waals surface area (Å²) in [6.07, 6.45) is 3.62. The summed E-state index contributed by atoms with van der Waals surface area (Å²) in [5, 5.41) is 1.89. The third kappa shape index (κ3) is 2.95. The normalized spacial score (nSPS) is 11.8. The standard InChI is InChI=1S/C17H11F2N3O2S2/c18-11-5-6-16(13(19)9-11)26(23,24)21-14-4-2-1-3-12(14)15-10-22-7-8-25-17(22)20-15/h1-10,21H. The summed E-state index contributed by atoms with van der Waals surface area (Å²) in [6.45, 7) is 0. The van der Waals surface area contributed by atoms with Crippen molar-refractivity contribution in [3.05, 3.63) is 71.9 Å². The lowest BCUT2D eigenvalue weighted by Crippen LogP contribution is -2.15. The summed E-state index contributed by atoms with van der Waals surface area (Å²) in [7, 11) is -4.23. The Morgan fingerprint density at radius 3 is 2.69 bits per heavy atom. The molecule has 0 unspecified atom stereocenters. The SMILES string of the molecule is O=S(=O)(Nc1ccccc1-c1cn2ccsc2n1)c1ccc(F)cc1F. The lowest BCUT2D eigenvalue weighted by atomic mass is 10.1. The molecule has 2 aromatic heterocycles. The highest BCUT2D eigenvalue weighted by molar-refractivity contribution is 7.92. The summed E-state index contributed by atoms with van der Waals surface area (Å²) < 4.78 is 56.2. The van der Waals surface area contributed by atoms with Gasteiger partial charge >= 0.3 is 0 Å². The van der Waals surface area contributed by atoms with Crippen LogP contribution in [0.1, 0.15) is 0 Å². The zero-order valence-electron chi connectivity index (χ0n) is 13.1. The minimum atomic E-state index is -4.23. The van der Waals surface area contributed by atoms with Crippen molar-refractivity contribution in [3.63, 3.8) is 0 Å². The van der Waals surface area contributed by atoms with Crippen LogP contribution in [-0.4, -0.2) is 17.8 Å². The monoisotopic (exact) mass is 391 g/mol. The average Bonchev–Trinajstić information content (AvgIpc) is 3.16. The molecular weight excluding hydrogens is 380 g/mol. The molecule has 0 atom stereocenters. The van der Waals surface area contributed by atoms with Gasteiger partial charge in [0.05, 0.1) is 11.4 Å². The van der Waals surface area contributed by atoms with Gasteiger partial charge in [0, 0.05) is 29.4 Å². The van der Waals surface area contributed by atoms with Crippen LogP contribution in [0.3, 0.4) is 0 Å². The molecule has 132 valence electrons. The fourth-order valence-electron chi connectivity index (χ4n) is 2.55. The number of hydrogen-bond acceptors (Lipinski definition) is 4. The van der Waals surface area contributed by atoms with Crippen LogP contribution in [0.25, 0.3) is 16.2 Å². The first-order valence-electron chi connectivity index (χ1n) is 7.43. The molecule has 0 aliphatic heterocycles. The maximum Gasteiger partial charge on any atom is 0.264 e. The van der Waals surface area contributed by atoms with E-state index in [1.165, 1.54) is 11.3 Å². The third-order valence-electron chi connectivity index (χ3n) is 3.72. The number of fused-ring (bicyclic) bond motifs is 1. The molecule has 5 nitrogen and oxygen atoms in total. The van der Waals surface area contributed by atoms with Crippen molar-refractivity contribution in [2.24, 2.45) is 0 Å². The number of benzene rings is 2. The van der Waals surface area contributed by atoms with Crippen LogP contribution in [0.4, 0.5) is 14.5 Å². The largest absolute Gasteiger partial charge is 0.297 e. The second-order valence-electron chi connectivity index (χ2n) is 5.44. The maximum atomic E-state index is 13.9. The quantitative estimate of drug-likeness (QED) is 0.569. The molecule has 0 saturated carbocycles. The Hall–Kier alpha value is -2.78. The number of thiazole rings is 1. The van der Waals surface area contributed by atoms with E-state index < -0.39 is 26.6 Å². The van der Waals surface area contributed by atoms with Gasteiger partial charge in [0.25, 0.3) is 10.0 Å². The molecule has 0 aliphatic rings. The van der Waals surface area contributed by atoms with Crippen LogP contribution in [0.15, 0.2) is 65.1 Å². The number of para-hydroxylation sites is 1. The first-order chi connectivity index (χ1) is 12.4. The van der Waals surface area contributed by atoms with Gasteiger partial charge in [0.1, 0.15) is 16.5 Å². The topological polar surface area (TPSA) is 63.5 Å². The highest BCUT2D eigenvalue weighted by atomic mass is 32.2. The molecule has 0 aliphatic carbocycles. The van der Waals surface area contributed by atoms with Crippen LogP contribution in [-0.2, 0) is 10.0 Å². The van der Waals surface area contributed by atoms with Crippen LogP contribution in [0.5, 0.6) is 0 Å². The first kappa shape index (κ1) is 16.7. The Morgan fingerprint density at radius 1 is 1.12 bits per heavy atom. The van der Waals surface area contributed by atoms with E-state index >= 15 is 0 Å². The van der Waals surface area contributed by atoms with E-state index in [4.69, 9.17) is 0 Å². The Bertz CT molecular complexity index is 1190. The molecule has 0 fully saturated rings. The van der Waals surface area contributed by atoms with Crippen molar-refractivity contribution in [2.45, 2.75) is 4.90 Å². The minimum absolute atomic E-state index is 0.252. The van der Waals surface area contributed by atoms with Gasteiger partial charge in [0.15, 0.2) is 4.96 Å². The van der Waals surface area contributed by atoms with Gasteiger partial charge < -0.3 is 0 Å². The molecule has 0 amide bonds. The number of sulfonamides is 1. The zero-order chi connectivity index (χ0) is 18.3. The molecule has 0 spiro atoms. The predicted molar refractivity (Wildman–Crippen MR) is 95.7 cm³/mol. The fourth-order valence-corrected chi connectivity index (χ4v) is 4.39. The molecule has 0 radical (unpaired) electrons. The highest BCUT2D eigenvalue weighted by Crippen LogP contribution is 2.30. The number of hydrogen-bond donors (Lipinski definition) is 1. The van der Waals surface area contributed by atoms with Crippen molar-refractivity contribution in [3.8, 4) is 11.3 Å². The molecule has 26 heavy (non-hydrogen) atoms. The van der Waals surface area contributed by atoms with E-state index in [1.807, 2.05) is 16.0 Å². The number of aromatic nitrogens is 2. The lowest BCUT2D eigenvalue weighted by molar-refractivity contribution is 0.551. The van der Waals surface area contributed by atoms with E-state index in [0.717, 1.165) is 17.1 Å². The van der Waals surface area contributed by atoms with Gasteiger partial charge in [0.2, 0.25) is 0 Å². The van der Waals surface area contributed by atoms with E-state index in [9.17, 15) is 17.2 Å². The maximum absolute atomic E-state index is 13.9. The van der Waals surface area contributed by atoms with Crippen molar-refractivity contribution in [1.29, 1.82) is 0 Å². The lowest BCUT2D eigenvalue weighted by Gasteiger charge is -2.12. The molecule has 4 aromatic rings. The molecular formula is C17H11F2N3O2S2. The van der Waals surface area contributed by atoms with Crippen molar-refractivity contribution in [1.82, 2.24) is 9.38 Å². The van der Waals surface area contributed by atoms with Gasteiger partial charge in [-0.1, -0.05) is 18.2 Å². The Labute approximate surface area is 151 Å². The number of rotatable bonds is 4. The van der Waals surface area contributed by atoms with Crippen LogP contribution < -0.4 is 4.72 Å². The molecule has 1 N–H and O–H groups in total. The number of imidazole rings is 1. The second-order valence-corrected chi connectivity index (χ2v) is 7.97. The van der Waals surface area contributed by atoms with Crippen LogP contribution in [0.2, 0.25) is 0 Å². The summed E-state index contributed by atoms with van der Waals surface area (Å²) in [5.74, 6) is -2.00. The highest BCUT2D eigenvalue weighted by Gasteiger charge is 2.21. The van der Waals surface area contributed by atoms with Gasteiger partial charge in [-0.3, -0.25) is 9.12 Å². The minimum Gasteiger partial charge on any atom is -0.297 e. The summed E-state index contributed by atoms with van der Waals surface area (Å²) in [6, 6.07) is 8.99. The van der Waals surface area contributed by atoms with Crippen LogP contribution in [0, 0.1) is 11.6 Å². The van der Waals surface area contributed by atoms with E-state index in [1.54, 1.807) is 30.5 Å². The summed E-state index contributed by atoms with van der Waals surface area (Å²) in [5.41, 5.74) is 1.38.